The molecule has 0 spiro atoms. The molecular weight excluding hydrogens is 410 g/mol. The van der Waals surface area contributed by atoms with Gasteiger partial charge in [-0.1, -0.05) is 12.1 Å². The molecule has 8 heteroatoms. The number of ether oxygens (including phenoxy) is 2. The normalized spacial score (nSPS) is 19.4. The van der Waals surface area contributed by atoms with Crippen molar-refractivity contribution in [2.75, 3.05) is 49.7 Å². The van der Waals surface area contributed by atoms with Gasteiger partial charge >= 0.3 is 5.97 Å². The fourth-order valence-corrected chi connectivity index (χ4v) is 4.30. The zero-order chi connectivity index (χ0) is 22.7. The third-order valence-electron chi connectivity index (χ3n) is 5.94. The lowest BCUT2D eigenvalue weighted by atomic mass is 10.1. The largest absolute Gasteiger partial charge is 0.495 e. The van der Waals surface area contributed by atoms with Crippen molar-refractivity contribution in [3.63, 3.8) is 0 Å². The maximum absolute atomic E-state index is 13.1. The highest BCUT2D eigenvalue weighted by molar-refractivity contribution is 6.22. The van der Waals surface area contributed by atoms with Crippen molar-refractivity contribution in [3.8, 4) is 5.75 Å². The van der Waals surface area contributed by atoms with Crippen LogP contribution in [0.15, 0.2) is 48.5 Å². The lowest BCUT2D eigenvalue weighted by Gasteiger charge is -2.38. The van der Waals surface area contributed by atoms with Gasteiger partial charge in [0.1, 0.15) is 5.75 Å². The van der Waals surface area contributed by atoms with E-state index in [1.165, 1.54) is 4.90 Å². The molecule has 2 saturated heterocycles. The van der Waals surface area contributed by atoms with Crippen LogP contribution in [0.25, 0.3) is 0 Å². The number of anilines is 2. The first-order chi connectivity index (χ1) is 15.5. The standard InChI is InChI=1S/C24H27N3O5/c1-3-32-24(30)17-8-10-18(11-9-17)27-22(28)16-20(23(27)29)26-14-12-25(13-15-26)19-6-4-5-7-21(19)31-2/h4-11,20H,3,12-16H2,1-2H3. The number of amides is 2. The molecule has 1 unspecified atom stereocenters. The summed E-state index contributed by atoms with van der Waals surface area (Å²) in [4.78, 5) is 43.2. The number of esters is 1. The molecule has 2 heterocycles. The molecule has 2 fully saturated rings. The van der Waals surface area contributed by atoms with Gasteiger partial charge in [-0.25, -0.2) is 9.69 Å². The summed E-state index contributed by atoms with van der Waals surface area (Å²) in [5.74, 6) is -0.0462. The van der Waals surface area contributed by atoms with E-state index in [9.17, 15) is 14.4 Å². The molecule has 4 rings (SSSR count). The predicted molar refractivity (Wildman–Crippen MR) is 120 cm³/mol. The molecule has 2 aliphatic heterocycles. The van der Waals surface area contributed by atoms with E-state index in [-0.39, 0.29) is 24.8 Å². The van der Waals surface area contributed by atoms with Gasteiger partial charge in [0.25, 0.3) is 5.91 Å². The Morgan fingerprint density at radius 1 is 1.00 bits per heavy atom. The Balaban J connectivity index is 1.42. The summed E-state index contributed by atoms with van der Waals surface area (Å²) in [6.45, 7) is 4.87. The molecule has 2 aromatic carbocycles. The third kappa shape index (κ3) is 4.18. The average Bonchev–Trinajstić information content (AvgIpc) is 3.13. The smallest absolute Gasteiger partial charge is 0.338 e. The van der Waals surface area contributed by atoms with Gasteiger partial charge in [0, 0.05) is 26.2 Å². The fourth-order valence-electron chi connectivity index (χ4n) is 4.30. The average molecular weight is 437 g/mol. The van der Waals surface area contributed by atoms with E-state index in [4.69, 9.17) is 9.47 Å². The van der Waals surface area contributed by atoms with E-state index in [1.807, 2.05) is 24.3 Å². The first-order valence-electron chi connectivity index (χ1n) is 10.8. The van der Waals surface area contributed by atoms with Crippen molar-refractivity contribution in [2.24, 2.45) is 0 Å². The van der Waals surface area contributed by atoms with Crippen molar-refractivity contribution in [1.82, 2.24) is 4.90 Å². The van der Waals surface area contributed by atoms with Crippen molar-refractivity contribution in [1.29, 1.82) is 0 Å². The van der Waals surface area contributed by atoms with Crippen molar-refractivity contribution >= 4 is 29.2 Å². The maximum Gasteiger partial charge on any atom is 0.338 e. The van der Waals surface area contributed by atoms with Gasteiger partial charge in [0.15, 0.2) is 0 Å². The molecule has 0 aromatic heterocycles. The Morgan fingerprint density at radius 2 is 1.69 bits per heavy atom. The zero-order valence-electron chi connectivity index (χ0n) is 18.3. The Kier molecular flexibility index (Phi) is 6.41. The van der Waals surface area contributed by atoms with Crippen LogP contribution < -0.4 is 14.5 Å². The molecule has 168 valence electrons. The number of methoxy groups -OCH3 is 1. The van der Waals surface area contributed by atoms with Crippen LogP contribution in [0.1, 0.15) is 23.7 Å². The molecule has 32 heavy (non-hydrogen) atoms. The minimum Gasteiger partial charge on any atom is -0.495 e. The van der Waals surface area contributed by atoms with Crippen molar-refractivity contribution < 1.29 is 23.9 Å². The molecule has 0 bridgehead atoms. The van der Waals surface area contributed by atoms with Gasteiger partial charge in [-0.15, -0.1) is 0 Å². The topological polar surface area (TPSA) is 79.4 Å². The maximum atomic E-state index is 13.1. The van der Waals surface area contributed by atoms with Gasteiger partial charge in [-0.3, -0.25) is 14.5 Å². The van der Waals surface area contributed by atoms with Crippen LogP contribution in [0, 0.1) is 0 Å². The molecule has 8 nitrogen and oxygen atoms in total. The number of piperazine rings is 1. The van der Waals surface area contributed by atoms with E-state index >= 15 is 0 Å². The second kappa shape index (κ2) is 9.40. The van der Waals surface area contributed by atoms with Crippen molar-refractivity contribution in [2.45, 2.75) is 19.4 Å². The Hall–Kier alpha value is -3.39. The predicted octanol–water partition coefficient (Wildman–Crippen LogP) is 2.33. The number of para-hydroxylation sites is 2. The highest BCUT2D eigenvalue weighted by Crippen LogP contribution is 2.30. The van der Waals surface area contributed by atoms with Crippen LogP contribution in [-0.4, -0.2) is 68.6 Å². The van der Waals surface area contributed by atoms with E-state index in [2.05, 4.69) is 9.80 Å². The third-order valence-corrected chi connectivity index (χ3v) is 5.94. The molecule has 2 aliphatic rings. The second-order valence-corrected chi connectivity index (χ2v) is 7.75. The van der Waals surface area contributed by atoms with Crippen LogP contribution in [0.2, 0.25) is 0 Å². The van der Waals surface area contributed by atoms with E-state index in [1.54, 1.807) is 38.3 Å². The number of rotatable bonds is 6. The Morgan fingerprint density at radius 3 is 2.34 bits per heavy atom. The number of benzene rings is 2. The quantitative estimate of drug-likeness (QED) is 0.507. The summed E-state index contributed by atoms with van der Waals surface area (Å²) < 4.78 is 10.4. The molecule has 0 aliphatic carbocycles. The summed E-state index contributed by atoms with van der Waals surface area (Å²) in [5, 5.41) is 0. The monoisotopic (exact) mass is 437 g/mol. The number of imide groups is 1. The van der Waals surface area contributed by atoms with Crippen LogP contribution >= 0.6 is 0 Å². The summed E-state index contributed by atoms with van der Waals surface area (Å²) >= 11 is 0. The number of carbonyl (C=O) groups is 3. The lowest BCUT2D eigenvalue weighted by Crippen LogP contribution is -2.52. The van der Waals surface area contributed by atoms with Gasteiger partial charge in [-0.2, -0.15) is 0 Å². The van der Waals surface area contributed by atoms with Crippen LogP contribution in [0.3, 0.4) is 0 Å². The molecule has 2 aromatic rings. The van der Waals surface area contributed by atoms with E-state index in [0.717, 1.165) is 24.5 Å². The highest BCUT2D eigenvalue weighted by atomic mass is 16.5. The summed E-state index contributed by atoms with van der Waals surface area (Å²) in [7, 11) is 1.66. The second-order valence-electron chi connectivity index (χ2n) is 7.75. The van der Waals surface area contributed by atoms with Crippen LogP contribution in [0.4, 0.5) is 11.4 Å². The summed E-state index contributed by atoms with van der Waals surface area (Å²) in [6.07, 6.45) is 0.160. The molecule has 0 N–H and O–H groups in total. The Bertz CT molecular complexity index is 999. The van der Waals surface area contributed by atoms with Gasteiger partial charge in [0.05, 0.1) is 43.1 Å². The molecule has 2 amide bonds. The molecular formula is C24H27N3O5. The van der Waals surface area contributed by atoms with Crippen LogP contribution in [0.5, 0.6) is 5.75 Å². The summed E-state index contributed by atoms with van der Waals surface area (Å²) in [5.41, 5.74) is 1.90. The van der Waals surface area contributed by atoms with Gasteiger partial charge in [-0.05, 0) is 43.3 Å². The summed E-state index contributed by atoms with van der Waals surface area (Å²) in [6, 6.07) is 13.8. The first kappa shape index (κ1) is 21.8. The number of hydrogen-bond donors (Lipinski definition) is 0. The molecule has 0 radical (unpaired) electrons. The molecule has 0 saturated carbocycles. The Labute approximate surface area is 187 Å². The van der Waals surface area contributed by atoms with E-state index < -0.39 is 12.0 Å². The van der Waals surface area contributed by atoms with Crippen molar-refractivity contribution in [3.05, 3.63) is 54.1 Å². The minimum atomic E-state index is -0.466. The van der Waals surface area contributed by atoms with Crippen LogP contribution in [-0.2, 0) is 14.3 Å². The highest BCUT2D eigenvalue weighted by Gasteiger charge is 2.43. The number of carbonyl (C=O) groups excluding carboxylic acids is 3. The zero-order valence-corrected chi connectivity index (χ0v) is 18.3. The minimum absolute atomic E-state index is 0.160. The van der Waals surface area contributed by atoms with Gasteiger partial charge < -0.3 is 14.4 Å². The number of nitrogens with zero attached hydrogens (tertiary/aromatic N) is 3. The molecule has 1 atom stereocenters. The van der Waals surface area contributed by atoms with Gasteiger partial charge in [0.2, 0.25) is 5.91 Å². The SMILES string of the molecule is CCOC(=O)c1ccc(N2C(=O)CC(N3CCN(c4ccccc4OC)CC3)C2=O)cc1. The lowest BCUT2D eigenvalue weighted by molar-refractivity contribution is -0.123. The van der Waals surface area contributed by atoms with E-state index in [0.29, 0.717) is 24.3 Å². The number of hydrogen-bond acceptors (Lipinski definition) is 7. The fraction of sp³-hybridized carbons (Fsp3) is 0.375. The first-order valence-corrected chi connectivity index (χ1v) is 10.8.